The quantitative estimate of drug-likeness (QED) is 0.520. The standard InChI is InChI=1S/C13H13N2/c1-2-8-14-9-10-15(12-14)11-13-6-4-3-5-7-13/h1,3-7,9-10,12H,8,11H2/q+1. The SMILES string of the molecule is C#CCn1cc[n+](Cc2ccccc2)c1. The van der Waals surface area contributed by atoms with Gasteiger partial charge in [0.15, 0.2) is 6.54 Å². The van der Waals surface area contributed by atoms with E-state index in [2.05, 4.69) is 22.6 Å². The maximum Gasteiger partial charge on any atom is 0.244 e. The minimum atomic E-state index is 0.627. The van der Waals surface area contributed by atoms with Crippen LogP contribution in [0.25, 0.3) is 0 Å². The van der Waals surface area contributed by atoms with Crippen LogP contribution in [0.3, 0.4) is 0 Å². The molecular weight excluding hydrogens is 184 g/mol. The van der Waals surface area contributed by atoms with Crippen molar-refractivity contribution in [2.45, 2.75) is 13.1 Å². The number of terminal acetylenes is 1. The van der Waals surface area contributed by atoms with E-state index >= 15 is 0 Å². The minimum absolute atomic E-state index is 0.627. The highest BCUT2D eigenvalue weighted by Gasteiger charge is 2.02. The van der Waals surface area contributed by atoms with E-state index in [0.29, 0.717) is 6.54 Å². The Labute approximate surface area is 89.8 Å². The van der Waals surface area contributed by atoms with Crippen molar-refractivity contribution in [1.29, 1.82) is 0 Å². The summed E-state index contributed by atoms with van der Waals surface area (Å²) in [4.78, 5) is 0. The summed E-state index contributed by atoms with van der Waals surface area (Å²) in [6.07, 6.45) is 11.3. The fourth-order valence-electron chi connectivity index (χ4n) is 1.53. The fourth-order valence-corrected chi connectivity index (χ4v) is 1.53. The molecular formula is C13H13N2+. The number of benzene rings is 1. The van der Waals surface area contributed by atoms with Crippen molar-refractivity contribution < 1.29 is 4.57 Å². The van der Waals surface area contributed by atoms with Crippen molar-refractivity contribution in [2.75, 3.05) is 0 Å². The van der Waals surface area contributed by atoms with E-state index < -0.39 is 0 Å². The average Bonchev–Trinajstić information content (AvgIpc) is 2.68. The lowest BCUT2D eigenvalue weighted by Crippen LogP contribution is -2.31. The van der Waals surface area contributed by atoms with E-state index in [1.165, 1.54) is 5.56 Å². The lowest BCUT2D eigenvalue weighted by Gasteiger charge is -1.95. The molecule has 0 spiro atoms. The van der Waals surface area contributed by atoms with Crippen LogP contribution in [0.1, 0.15) is 5.56 Å². The van der Waals surface area contributed by atoms with Crippen molar-refractivity contribution in [3.63, 3.8) is 0 Å². The van der Waals surface area contributed by atoms with E-state index in [0.717, 1.165) is 6.54 Å². The predicted molar refractivity (Wildman–Crippen MR) is 59.0 cm³/mol. The van der Waals surface area contributed by atoms with Crippen molar-refractivity contribution >= 4 is 0 Å². The number of rotatable bonds is 3. The van der Waals surface area contributed by atoms with Crippen LogP contribution in [0.2, 0.25) is 0 Å². The maximum absolute atomic E-state index is 5.24. The van der Waals surface area contributed by atoms with Gasteiger partial charge in [0.1, 0.15) is 18.9 Å². The molecule has 0 fully saturated rings. The summed E-state index contributed by atoms with van der Waals surface area (Å²) in [5.74, 6) is 2.61. The second kappa shape index (κ2) is 4.47. The number of aromatic nitrogens is 2. The van der Waals surface area contributed by atoms with E-state index in [1.54, 1.807) is 0 Å². The molecule has 0 aliphatic heterocycles. The topological polar surface area (TPSA) is 8.81 Å². The Kier molecular flexibility index (Phi) is 2.85. The van der Waals surface area contributed by atoms with Gasteiger partial charge in [-0.1, -0.05) is 36.3 Å². The van der Waals surface area contributed by atoms with Crippen LogP contribution >= 0.6 is 0 Å². The van der Waals surface area contributed by atoms with Gasteiger partial charge >= 0.3 is 0 Å². The third-order valence-electron chi connectivity index (χ3n) is 2.23. The Hall–Kier alpha value is -2.01. The highest BCUT2D eigenvalue weighted by atomic mass is 15.1. The van der Waals surface area contributed by atoms with E-state index in [1.807, 2.05) is 41.5 Å². The Balaban J connectivity index is 2.09. The predicted octanol–water partition coefficient (Wildman–Crippen LogP) is 1.46. The van der Waals surface area contributed by atoms with Gasteiger partial charge in [0, 0.05) is 0 Å². The maximum atomic E-state index is 5.24. The van der Waals surface area contributed by atoms with Gasteiger partial charge in [-0.3, -0.25) is 0 Å². The van der Waals surface area contributed by atoms with Crippen molar-refractivity contribution in [3.05, 3.63) is 54.6 Å². The molecule has 2 heteroatoms. The molecule has 0 aliphatic rings. The monoisotopic (exact) mass is 197 g/mol. The molecule has 0 atom stereocenters. The average molecular weight is 197 g/mol. The van der Waals surface area contributed by atoms with Crippen LogP contribution < -0.4 is 4.57 Å². The van der Waals surface area contributed by atoms with E-state index in [4.69, 9.17) is 6.42 Å². The molecule has 0 N–H and O–H groups in total. The molecule has 1 heterocycles. The first-order chi connectivity index (χ1) is 7.38. The van der Waals surface area contributed by atoms with Gasteiger partial charge in [-0.15, -0.1) is 6.42 Å². The molecule has 0 amide bonds. The molecule has 74 valence electrons. The van der Waals surface area contributed by atoms with Gasteiger partial charge in [-0.2, -0.15) is 0 Å². The number of imidazole rings is 1. The van der Waals surface area contributed by atoms with Crippen LogP contribution in [-0.2, 0) is 13.1 Å². The molecule has 0 aliphatic carbocycles. The van der Waals surface area contributed by atoms with Gasteiger partial charge in [-0.05, 0) is 5.56 Å². The normalized spacial score (nSPS) is 9.80. The summed E-state index contributed by atoms with van der Waals surface area (Å²) in [5.41, 5.74) is 1.29. The molecule has 0 saturated carbocycles. The van der Waals surface area contributed by atoms with Crippen LogP contribution in [0, 0.1) is 12.3 Å². The summed E-state index contributed by atoms with van der Waals surface area (Å²) in [7, 11) is 0. The molecule has 0 radical (unpaired) electrons. The summed E-state index contributed by atoms with van der Waals surface area (Å²) in [5, 5.41) is 0. The zero-order valence-corrected chi connectivity index (χ0v) is 8.50. The number of hydrogen-bond donors (Lipinski definition) is 0. The highest BCUT2D eigenvalue weighted by Crippen LogP contribution is 1.97. The van der Waals surface area contributed by atoms with Crippen LogP contribution in [0.5, 0.6) is 0 Å². The minimum Gasteiger partial charge on any atom is -0.233 e. The number of nitrogens with zero attached hydrogens (tertiary/aromatic N) is 2. The molecule has 1 aromatic heterocycles. The molecule has 2 aromatic rings. The zero-order valence-electron chi connectivity index (χ0n) is 8.50. The Morgan fingerprint density at radius 1 is 1.27 bits per heavy atom. The Bertz CT molecular complexity index is 463. The lowest BCUT2D eigenvalue weighted by atomic mass is 10.2. The lowest BCUT2D eigenvalue weighted by molar-refractivity contribution is -0.687. The van der Waals surface area contributed by atoms with Gasteiger partial charge in [0.2, 0.25) is 6.33 Å². The summed E-state index contributed by atoms with van der Waals surface area (Å²) < 4.78 is 4.11. The van der Waals surface area contributed by atoms with Crippen LogP contribution in [0.4, 0.5) is 0 Å². The first-order valence-electron chi connectivity index (χ1n) is 4.91. The summed E-state index contributed by atoms with van der Waals surface area (Å²) >= 11 is 0. The third kappa shape index (κ3) is 2.47. The smallest absolute Gasteiger partial charge is 0.233 e. The van der Waals surface area contributed by atoms with Gasteiger partial charge in [-0.25, -0.2) is 9.13 Å². The van der Waals surface area contributed by atoms with E-state index in [-0.39, 0.29) is 0 Å². The fraction of sp³-hybridized carbons (Fsp3) is 0.154. The molecule has 0 saturated heterocycles. The van der Waals surface area contributed by atoms with Crippen molar-refractivity contribution in [2.24, 2.45) is 0 Å². The summed E-state index contributed by atoms with van der Waals surface area (Å²) in [6.45, 7) is 1.51. The first-order valence-corrected chi connectivity index (χ1v) is 4.91. The zero-order chi connectivity index (χ0) is 10.5. The van der Waals surface area contributed by atoms with Crippen molar-refractivity contribution in [1.82, 2.24) is 4.57 Å². The van der Waals surface area contributed by atoms with Crippen LogP contribution in [0.15, 0.2) is 49.1 Å². The number of hydrogen-bond acceptors (Lipinski definition) is 0. The van der Waals surface area contributed by atoms with Gasteiger partial charge in [0.05, 0.1) is 0 Å². The Morgan fingerprint density at radius 3 is 2.80 bits per heavy atom. The largest absolute Gasteiger partial charge is 0.244 e. The second-order valence-corrected chi connectivity index (χ2v) is 3.45. The molecule has 2 rings (SSSR count). The highest BCUT2D eigenvalue weighted by molar-refractivity contribution is 5.13. The molecule has 0 unspecified atom stereocenters. The van der Waals surface area contributed by atoms with Crippen molar-refractivity contribution in [3.8, 4) is 12.3 Å². The molecule has 1 aromatic carbocycles. The van der Waals surface area contributed by atoms with Gasteiger partial charge < -0.3 is 0 Å². The molecule has 0 bridgehead atoms. The Morgan fingerprint density at radius 2 is 2.07 bits per heavy atom. The molecule has 15 heavy (non-hydrogen) atoms. The summed E-state index contributed by atoms with van der Waals surface area (Å²) in [6, 6.07) is 10.4. The molecule has 2 nitrogen and oxygen atoms in total. The third-order valence-corrected chi connectivity index (χ3v) is 2.23. The van der Waals surface area contributed by atoms with E-state index in [9.17, 15) is 0 Å². The second-order valence-electron chi connectivity index (χ2n) is 3.45. The first kappa shape index (κ1) is 9.54. The van der Waals surface area contributed by atoms with Gasteiger partial charge in [0.25, 0.3) is 0 Å². The van der Waals surface area contributed by atoms with Crippen LogP contribution in [-0.4, -0.2) is 4.57 Å².